The highest BCUT2D eigenvalue weighted by molar-refractivity contribution is 6.32. The van der Waals surface area contributed by atoms with Gasteiger partial charge in [-0.3, -0.25) is 0 Å². The van der Waals surface area contributed by atoms with Crippen molar-refractivity contribution in [3.63, 3.8) is 0 Å². The third-order valence-corrected chi connectivity index (χ3v) is 7.28. The van der Waals surface area contributed by atoms with Crippen molar-refractivity contribution in [1.82, 2.24) is 14.9 Å². The molecule has 0 spiro atoms. The number of halogens is 2. The highest BCUT2D eigenvalue weighted by Crippen LogP contribution is 2.44. The van der Waals surface area contributed by atoms with Gasteiger partial charge in [0.2, 0.25) is 0 Å². The number of rotatable bonds is 8. The molecule has 0 saturated carbocycles. The summed E-state index contributed by atoms with van der Waals surface area (Å²) < 4.78 is 0. The van der Waals surface area contributed by atoms with Crippen molar-refractivity contribution >= 4 is 45.5 Å². The highest BCUT2D eigenvalue weighted by atomic mass is 35.5. The summed E-state index contributed by atoms with van der Waals surface area (Å²) in [5, 5.41) is 6.15. The lowest BCUT2D eigenvalue weighted by atomic mass is 9.93. The molecule has 1 atom stereocenters. The lowest BCUT2D eigenvalue weighted by molar-refractivity contribution is 0.405. The van der Waals surface area contributed by atoms with Gasteiger partial charge in [0, 0.05) is 33.5 Å². The number of nitrogens with one attached hydrogen (secondary N) is 1. The summed E-state index contributed by atoms with van der Waals surface area (Å²) in [6.45, 7) is 3.97. The number of para-hydroxylation sites is 1. The number of aryl methyl sites for hydroxylation is 1. The predicted molar refractivity (Wildman–Crippen MR) is 152 cm³/mol. The van der Waals surface area contributed by atoms with Gasteiger partial charge in [-0.25, -0.2) is 9.97 Å². The van der Waals surface area contributed by atoms with E-state index in [0.29, 0.717) is 0 Å². The van der Waals surface area contributed by atoms with Crippen LogP contribution in [0.3, 0.4) is 0 Å². The molecule has 4 nitrogen and oxygen atoms in total. The predicted octanol–water partition coefficient (Wildman–Crippen LogP) is 7.38. The number of anilines is 1. The van der Waals surface area contributed by atoms with E-state index >= 15 is 0 Å². The minimum atomic E-state index is 0.137. The molecule has 1 unspecified atom stereocenters. The maximum Gasteiger partial charge on any atom is 0.162 e. The number of benzene rings is 3. The molecule has 1 aliphatic rings. The van der Waals surface area contributed by atoms with Crippen LogP contribution in [-0.2, 0) is 6.42 Å². The van der Waals surface area contributed by atoms with Crippen LogP contribution in [0.15, 0.2) is 66.7 Å². The molecule has 0 aliphatic heterocycles. The van der Waals surface area contributed by atoms with E-state index in [1.54, 1.807) is 0 Å². The zero-order valence-electron chi connectivity index (χ0n) is 20.9. The van der Waals surface area contributed by atoms with E-state index in [1.807, 2.05) is 24.3 Å². The largest absolute Gasteiger partial charge is 0.369 e. The average molecular weight is 518 g/mol. The summed E-state index contributed by atoms with van der Waals surface area (Å²) in [4.78, 5) is 12.3. The van der Waals surface area contributed by atoms with Crippen LogP contribution in [0, 0.1) is 6.92 Å². The van der Waals surface area contributed by atoms with E-state index in [9.17, 15) is 0 Å². The van der Waals surface area contributed by atoms with Crippen LogP contribution in [0.1, 0.15) is 40.4 Å². The third kappa shape index (κ3) is 5.12. The standard InChI is InChI=1S/C30H30Cl2N4/c1-19-7-4-9-24-28(19)34-30(35-29(24)33-15-6-16-36(2)3)25-18-21(17-20-11-13-22(31)14-12-20)27-23(25)8-5-10-26(27)32/h4-5,7-14,18,21H,6,15-17H2,1-3H3,(H,33,34,35). The fourth-order valence-corrected chi connectivity index (χ4v) is 5.35. The van der Waals surface area contributed by atoms with Gasteiger partial charge in [-0.15, -0.1) is 0 Å². The first-order valence-corrected chi connectivity index (χ1v) is 13.1. The molecule has 1 aliphatic carbocycles. The van der Waals surface area contributed by atoms with Crippen molar-refractivity contribution in [1.29, 1.82) is 0 Å². The molecule has 0 fully saturated rings. The zero-order valence-corrected chi connectivity index (χ0v) is 22.4. The molecule has 0 bridgehead atoms. The number of allylic oxidation sites excluding steroid dienone is 1. The van der Waals surface area contributed by atoms with Crippen molar-refractivity contribution in [2.45, 2.75) is 25.7 Å². The minimum Gasteiger partial charge on any atom is -0.369 e. The summed E-state index contributed by atoms with van der Waals surface area (Å²) >= 11 is 12.9. The van der Waals surface area contributed by atoms with E-state index in [-0.39, 0.29) is 5.92 Å². The number of hydrogen-bond acceptors (Lipinski definition) is 4. The van der Waals surface area contributed by atoms with Crippen LogP contribution in [-0.4, -0.2) is 42.1 Å². The third-order valence-electron chi connectivity index (χ3n) is 6.69. The quantitative estimate of drug-likeness (QED) is 0.248. The smallest absolute Gasteiger partial charge is 0.162 e. The molecule has 1 aromatic heterocycles. The molecular weight excluding hydrogens is 487 g/mol. The Morgan fingerprint density at radius 3 is 2.50 bits per heavy atom. The molecule has 36 heavy (non-hydrogen) atoms. The number of aromatic nitrogens is 2. The van der Waals surface area contributed by atoms with Crippen LogP contribution in [0.5, 0.6) is 0 Å². The summed E-state index contributed by atoms with van der Waals surface area (Å²) in [7, 11) is 4.19. The number of nitrogens with zero attached hydrogens (tertiary/aromatic N) is 3. The monoisotopic (exact) mass is 516 g/mol. The molecule has 0 amide bonds. The molecule has 184 valence electrons. The Hall–Kier alpha value is -2.92. The number of hydrogen-bond donors (Lipinski definition) is 1. The van der Waals surface area contributed by atoms with Crippen molar-refractivity contribution in [2.24, 2.45) is 0 Å². The summed E-state index contributed by atoms with van der Waals surface area (Å²) in [5.74, 6) is 1.75. The molecule has 1 N–H and O–H groups in total. The fourth-order valence-electron chi connectivity index (χ4n) is 4.91. The van der Waals surface area contributed by atoms with E-state index in [2.05, 4.69) is 73.7 Å². The van der Waals surface area contributed by atoms with E-state index in [0.717, 1.165) is 80.8 Å². The Kier molecular flexibility index (Phi) is 7.29. The maximum absolute atomic E-state index is 6.76. The van der Waals surface area contributed by atoms with Crippen molar-refractivity contribution in [3.8, 4) is 0 Å². The first kappa shape index (κ1) is 24.8. The Bertz CT molecular complexity index is 1430. The fraction of sp³-hybridized carbons (Fsp3) is 0.267. The second kappa shape index (κ2) is 10.6. The van der Waals surface area contributed by atoms with Crippen LogP contribution in [0.4, 0.5) is 5.82 Å². The van der Waals surface area contributed by atoms with Crippen LogP contribution >= 0.6 is 23.2 Å². The molecule has 5 rings (SSSR count). The van der Waals surface area contributed by atoms with Gasteiger partial charge in [0.15, 0.2) is 5.82 Å². The molecule has 0 saturated heterocycles. The van der Waals surface area contributed by atoms with E-state index in [4.69, 9.17) is 33.2 Å². The first-order chi connectivity index (χ1) is 17.4. The zero-order chi connectivity index (χ0) is 25.2. The van der Waals surface area contributed by atoms with Crippen LogP contribution in [0.2, 0.25) is 10.0 Å². The van der Waals surface area contributed by atoms with E-state index in [1.165, 1.54) is 5.56 Å². The molecule has 3 aromatic carbocycles. The van der Waals surface area contributed by atoms with Gasteiger partial charge < -0.3 is 10.2 Å². The van der Waals surface area contributed by atoms with Crippen molar-refractivity contribution < 1.29 is 0 Å². The lowest BCUT2D eigenvalue weighted by Crippen LogP contribution is -2.17. The van der Waals surface area contributed by atoms with Gasteiger partial charge in [-0.1, -0.05) is 65.7 Å². The second-order valence-corrected chi connectivity index (χ2v) is 10.5. The van der Waals surface area contributed by atoms with Gasteiger partial charge in [0.25, 0.3) is 0 Å². The van der Waals surface area contributed by atoms with E-state index < -0.39 is 0 Å². The van der Waals surface area contributed by atoms with Crippen molar-refractivity contribution in [3.05, 3.63) is 105 Å². The Labute approximate surface area is 223 Å². The molecule has 4 aromatic rings. The SMILES string of the molecule is Cc1cccc2c(NCCCN(C)C)nc(C3=CC(Cc4ccc(Cl)cc4)c4c(Cl)cccc43)nc12. The van der Waals surface area contributed by atoms with Gasteiger partial charge in [0.1, 0.15) is 5.82 Å². The summed E-state index contributed by atoms with van der Waals surface area (Å²) in [5.41, 5.74) is 6.60. The summed E-state index contributed by atoms with van der Waals surface area (Å²) in [6, 6.07) is 20.4. The Morgan fingerprint density at radius 2 is 1.72 bits per heavy atom. The molecule has 0 radical (unpaired) electrons. The Morgan fingerprint density at radius 1 is 0.944 bits per heavy atom. The average Bonchev–Trinajstić information content (AvgIpc) is 3.23. The van der Waals surface area contributed by atoms with Gasteiger partial charge in [-0.05, 0) is 86.9 Å². The van der Waals surface area contributed by atoms with Crippen LogP contribution in [0.25, 0.3) is 16.5 Å². The topological polar surface area (TPSA) is 41.0 Å². The maximum atomic E-state index is 6.76. The van der Waals surface area contributed by atoms with Crippen LogP contribution < -0.4 is 5.32 Å². The molecule has 6 heteroatoms. The highest BCUT2D eigenvalue weighted by Gasteiger charge is 2.28. The molecule has 1 heterocycles. The molecular formula is C30H30Cl2N4. The lowest BCUT2D eigenvalue weighted by Gasteiger charge is -2.15. The van der Waals surface area contributed by atoms with Crippen molar-refractivity contribution in [2.75, 3.05) is 32.5 Å². The minimum absolute atomic E-state index is 0.137. The number of fused-ring (bicyclic) bond motifs is 2. The normalized spacial score (nSPS) is 14.8. The van der Waals surface area contributed by atoms with Gasteiger partial charge >= 0.3 is 0 Å². The summed E-state index contributed by atoms with van der Waals surface area (Å²) in [6.07, 6.45) is 4.14. The first-order valence-electron chi connectivity index (χ1n) is 12.3. The Balaban J connectivity index is 1.56. The van der Waals surface area contributed by atoms with Gasteiger partial charge in [0.05, 0.1) is 5.52 Å². The second-order valence-electron chi connectivity index (χ2n) is 9.67. The van der Waals surface area contributed by atoms with Gasteiger partial charge in [-0.2, -0.15) is 0 Å².